The smallest absolute Gasteiger partial charge is 0.141 e. The molecule has 1 unspecified atom stereocenters. The van der Waals surface area contributed by atoms with Crippen molar-refractivity contribution in [1.29, 1.82) is 0 Å². The first kappa shape index (κ1) is 14.6. The highest BCUT2D eigenvalue weighted by molar-refractivity contribution is 7.17. The molecule has 0 bridgehead atoms. The normalized spacial score (nSPS) is 18.5. The Balaban J connectivity index is 1.88. The molecule has 1 atom stereocenters. The monoisotopic (exact) mass is 323 g/mol. The number of hydrogen-bond donors (Lipinski definition) is 0. The molecule has 1 aromatic carbocycles. The van der Waals surface area contributed by atoms with Crippen molar-refractivity contribution >= 4 is 27.4 Å². The molecule has 1 aliphatic heterocycles. The number of anilines is 1. The summed E-state index contributed by atoms with van der Waals surface area (Å²) in [6.07, 6.45) is 5.53. The summed E-state index contributed by atoms with van der Waals surface area (Å²) in [5.41, 5.74) is 3.80. The highest BCUT2D eigenvalue weighted by Crippen LogP contribution is 2.39. The quantitative estimate of drug-likeness (QED) is 0.661. The third-order valence-corrected chi connectivity index (χ3v) is 5.67. The summed E-state index contributed by atoms with van der Waals surface area (Å²) in [5, 5.41) is 3.44. The summed E-state index contributed by atoms with van der Waals surface area (Å²) in [7, 11) is 0. The third-order valence-electron chi connectivity index (χ3n) is 4.79. The van der Waals surface area contributed by atoms with Crippen LogP contribution < -0.4 is 4.90 Å². The maximum atomic E-state index is 4.68. The molecule has 3 aromatic rings. The molecule has 3 heterocycles. The van der Waals surface area contributed by atoms with Gasteiger partial charge in [0, 0.05) is 23.5 Å². The Bertz CT molecular complexity index is 822. The fourth-order valence-corrected chi connectivity index (χ4v) is 4.35. The molecule has 0 amide bonds. The van der Waals surface area contributed by atoms with Crippen LogP contribution in [0.15, 0.2) is 36.0 Å². The standard InChI is InChI=1S/C19H21N3S/c1-13-6-8-15(9-7-13)16-11-23-19-17(16)18(20-12-21-19)22-10-4-3-5-14(22)2/h6-9,11-12,14H,3-5,10H2,1-2H3. The third kappa shape index (κ3) is 2.61. The molecule has 0 radical (unpaired) electrons. The van der Waals surface area contributed by atoms with Gasteiger partial charge in [0.25, 0.3) is 0 Å². The first-order valence-electron chi connectivity index (χ1n) is 8.30. The molecule has 1 fully saturated rings. The van der Waals surface area contributed by atoms with Crippen molar-refractivity contribution < 1.29 is 0 Å². The number of aromatic nitrogens is 2. The van der Waals surface area contributed by atoms with E-state index in [1.807, 2.05) is 0 Å². The van der Waals surface area contributed by atoms with Gasteiger partial charge in [0.2, 0.25) is 0 Å². The summed E-state index contributed by atoms with van der Waals surface area (Å²) >= 11 is 1.71. The van der Waals surface area contributed by atoms with Crippen molar-refractivity contribution in [2.75, 3.05) is 11.4 Å². The van der Waals surface area contributed by atoms with Crippen LogP contribution in [0.5, 0.6) is 0 Å². The highest BCUT2D eigenvalue weighted by atomic mass is 32.1. The van der Waals surface area contributed by atoms with Gasteiger partial charge in [-0.15, -0.1) is 11.3 Å². The van der Waals surface area contributed by atoms with Gasteiger partial charge in [-0.2, -0.15) is 0 Å². The lowest BCUT2D eigenvalue weighted by Crippen LogP contribution is -2.38. The van der Waals surface area contributed by atoms with Gasteiger partial charge >= 0.3 is 0 Å². The topological polar surface area (TPSA) is 29.0 Å². The molecule has 0 N–H and O–H groups in total. The van der Waals surface area contributed by atoms with E-state index in [-0.39, 0.29) is 0 Å². The van der Waals surface area contributed by atoms with Gasteiger partial charge in [-0.1, -0.05) is 29.8 Å². The molecule has 1 aliphatic rings. The number of fused-ring (bicyclic) bond motifs is 1. The van der Waals surface area contributed by atoms with Crippen molar-refractivity contribution in [1.82, 2.24) is 9.97 Å². The Morgan fingerprint density at radius 3 is 2.74 bits per heavy atom. The van der Waals surface area contributed by atoms with E-state index in [0.717, 1.165) is 17.2 Å². The molecule has 2 aromatic heterocycles. The molecule has 0 spiro atoms. The number of piperidine rings is 1. The van der Waals surface area contributed by atoms with Crippen LogP contribution in [-0.2, 0) is 0 Å². The lowest BCUT2D eigenvalue weighted by atomic mass is 10.0. The lowest BCUT2D eigenvalue weighted by molar-refractivity contribution is 0.482. The Labute approximate surface area is 141 Å². The van der Waals surface area contributed by atoms with E-state index >= 15 is 0 Å². The second-order valence-corrected chi connectivity index (χ2v) is 7.29. The molecule has 4 rings (SSSR count). The van der Waals surface area contributed by atoms with Crippen molar-refractivity contribution in [3.8, 4) is 11.1 Å². The number of thiophene rings is 1. The minimum atomic E-state index is 0.549. The van der Waals surface area contributed by atoms with Crippen LogP contribution in [0, 0.1) is 6.92 Å². The van der Waals surface area contributed by atoms with Gasteiger partial charge in [-0.3, -0.25) is 0 Å². The van der Waals surface area contributed by atoms with Gasteiger partial charge in [0.05, 0.1) is 5.39 Å². The Hall–Kier alpha value is -1.94. The molecule has 4 heteroatoms. The van der Waals surface area contributed by atoms with Gasteiger partial charge in [-0.05, 0) is 38.7 Å². The Morgan fingerprint density at radius 2 is 1.96 bits per heavy atom. The Morgan fingerprint density at radius 1 is 1.13 bits per heavy atom. The predicted octanol–water partition coefficient (Wildman–Crippen LogP) is 5.05. The number of benzene rings is 1. The average molecular weight is 323 g/mol. The molecule has 1 saturated heterocycles. The van der Waals surface area contributed by atoms with E-state index in [4.69, 9.17) is 0 Å². The van der Waals surface area contributed by atoms with Crippen LogP contribution in [0.3, 0.4) is 0 Å². The van der Waals surface area contributed by atoms with Crippen molar-refractivity contribution in [2.45, 2.75) is 39.2 Å². The minimum Gasteiger partial charge on any atom is -0.353 e. The molecule has 0 saturated carbocycles. The Kier molecular flexibility index (Phi) is 3.77. The number of aryl methyl sites for hydroxylation is 1. The summed E-state index contributed by atoms with van der Waals surface area (Å²) in [5.74, 6) is 1.11. The predicted molar refractivity (Wildman–Crippen MR) is 98.2 cm³/mol. The molecule has 118 valence electrons. The fraction of sp³-hybridized carbons (Fsp3) is 0.368. The summed E-state index contributed by atoms with van der Waals surface area (Å²) < 4.78 is 0. The van der Waals surface area contributed by atoms with E-state index in [1.165, 1.54) is 41.3 Å². The molecular weight excluding hydrogens is 302 g/mol. The minimum absolute atomic E-state index is 0.549. The van der Waals surface area contributed by atoms with Gasteiger partial charge < -0.3 is 4.90 Å². The second-order valence-electron chi connectivity index (χ2n) is 6.43. The first-order chi connectivity index (χ1) is 11.2. The van der Waals surface area contributed by atoms with Gasteiger partial charge in [0.15, 0.2) is 0 Å². The molecule has 0 aliphatic carbocycles. The largest absolute Gasteiger partial charge is 0.353 e. The van der Waals surface area contributed by atoms with Crippen LogP contribution in [0.2, 0.25) is 0 Å². The van der Waals surface area contributed by atoms with Crippen LogP contribution in [0.1, 0.15) is 31.7 Å². The van der Waals surface area contributed by atoms with E-state index < -0.39 is 0 Å². The van der Waals surface area contributed by atoms with Crippen LogP contribution >= 0.6 is 11.3 Å². The SMILES string of the molecule is Cc1ccc(-c2csc3ncnc(N4CCCCC4C)c23)cc1. The fourth-order valence-electron chi connectivity index (χ4n) is 3.44. The van der Waals surface area contributed by atoms with E-state index in [0.29, 0.717) is 6.04 Å². The maximum absolute atomic E-state index is 4.68. The first-order valence-corrected chi connectivity index (χ1v) is 9.18. The number of hydrogen-bond acceptors (Lipinski definition) is 4. The zero-order valence-corrected chi connectivity index (χ0v) is 14.4. The maximum Gasteiger partial charge on any atom is 0.141 e. The molecular formula is C19H21N3S. The van der Waals surface area contributed by atoms with Crippen molar-refractivity contribution in [2.24, 2.45) is 0 Å². The zero-order valence-electron chi connectivity index (χ0n) is 13.6. The number of rotatable bonds is 2. The van der Waals surface area contributed by atoms with Gasteiger partial charge in [0.1, 0.15) is 17.0 Å². The highest BCUT2D eigenvalue weighted by Gasteiger charge is 2.23. The summed E-state index contributed by atoms with van der Waals surface area (Å²) in [4.78, 5) is 12.7. The second kappa shape index (κ2) is 5.93. The van der Waals surface area contributed by atoms with Crippen LogP contribution in [0.25, 0.3) is 21.3 Å². The van der Waals surface area contributed by atoms with E-state index in [1.54, 1.807) is 17.7 Å². The molecule has 3 nitrogen and oxygen atoms in total. The van der Waals surface area contributed by atoms with Crippen LogP contribution in [-0.4, -0.2) is 22.6 Å². The van der Waals surface area contributed by atoms with E-state index in [9.17, 15) is 0 Å². The van der Waals surface area contributed by atoms with E-state index in [2.05, 4.69) is 58.4 Å². The average Bonchev–Trinajstić information content (AvgIpc) is 3.00. The zero-order chi connectivity index (χ0) is 15.8. The molecule has 23 heavy (non-hydrogen) atoms. The summed E-state index contributed by atoms with van der Waals surface area (Å²) in [6, 6.07) is 9.30. The van der Waals surface area contributed by atoms with Gasteiger partial charge in [-0.25, -0.2) is 9.97 Å². The summed E-state index contributed by atoms with van der Waals surface area (Å²) in [6.45, 7) is 5.53. The number of nitrogens with zero attached hydrogens (tertiary/aromatic N) is 3. The van der Waals surface area contributed by atoms with Crippen LogP contribution in [0.4, 0.5) is 5.82 Å². The van der Waals surface area contributed by atoms with Crippen molar-refractivity contribution in [3.05, 3.63) is 41.5 Å². The lowest BCUT2D eigenvalue weighted by Gasteiger charge is -2.34. The van der Waals surface area contributed by atoms with Crippen molar-refractivity contribution in [3.63, 3.8) is 0 Å².